The van der Waals surface area contributed by atoms with Crippen molar-refractivity contribution in [3.63, 3.8) is 0 Å². The second kappa shape index (κ2) is 10.3. The third kappa shape index (κ3) is 5.69. The SMILES string of the molecule is C#CCOC1C(OCc2ccccc2)c2cc(NCc3cccc(Cl)c3)ccc2OC1(C)C. The van der Waals surface area contributed by atoms with Gasteiger partial charge in [0.2, 0.25) is 0 Å². The van der Waals surface area contributed by atoms with E-state index in [-0.39, 0.29) is 18.8 Å². The van der Waals surface area contributed by atoms with Crippen LogP contribution in [0.1, 0.15) is 36.6 Å². The van der Waals surface area contributed by atoms with E-state index in [9.17, 15) is 0 Å². The number of anilines is 1. The van der Waals surface area contributed by atoms with Crippen LogP contribution in [0.5, 0.6) is 5.75 Å². The van der Waals surface area contributed by atoms with E-state index < -0.39 is 5.60 Å². The summed E-state index contributed by atoms with van der Waals surface area (Å²) < 4.78 is 18.8. The molecule has 1 heterocycles. The molecule has 0 amide bonds. The van der Waals surface area contributed by atoms with E-state index >= 15 is 0 Å². The van der Waals surface area contributed by atoms with Gasteiger partial charge in [-0.2, -0.15) is 0 Å². The van der Waals surface area contributed by atoms with Gasteiger partial charge in [0, 0.05) is 22.8 Å². The van der Waals surface area contributed by atoms with Crippen molar-refractivity contribution in [2.24, 2.45) is 0 Å². The maximum absolute atomic E-state index is 6.46. The normalized spacial score (nSPS) is 18.6. The van der Waals surface area contributed by atoms with E-state index in [1.54, 1.807) is 0 Å². The molecule has 0 bridgehead atoms. The maximum atomic E-state index is 6.46. The molecule has 33 heavy (non-hydrogen) atoms. The van der Waals surface area contributed by atoms with Crippen LogP contribution in [-0.4, -0.2) is 18.3 Å². The average Bonchev–Trinajstić information content (AvgIpc) is 2.81. The van der Waals surface area contributed by atoms with Crippen molar-refractivity contribution >= 4 is 17.3 Å². The molecule has 0 fully saturated rings. The van der Waals surface area contributed by atoms with Crippen LogP contribution in [0.2, 0.25) is 5.02 Å². The Balaban J connectivity index is 1.61. The Morgan fingerprint density at radius 1 is 1.00 bits per heavy atom. The molecule has 0 spiro atoms. The Bertz CT molecular complexity index is 1120. The lowest BCUT2D eigenvalue weighted by molar-refractivity contribution is -0.160. The van der Waals surface area contributed by atoms with Crippen LogP contribution in [0.15, 0.2) is 72.8 Å². The third-order valence-corrected chi connectivity index (χ3v) is 5.89. The summed E-state index contributed by atoms with van der Waals surface area (Å²) in [6.07, 6.45) is 4.78. The molecule has 2 atom stereocenters. The number of rotatable bonds is 8. The standard InChI is InChI=1S/C28H28ClNO3/c1-4-15-31-27-26(32-19-20-9-6-5-7-10-20)24-17-23(13-14-25(24)33-28(27,2)3)30-18-21-11-8-12-22(29)16-21/h1,5-14,16-17,26-27,30H,15,18-19H2,2-3H3. The van der Waals surface area contributed by atoms with Crippen molar-refractivity contribution in [2.75, 3.05) is 11.9 Å². The van der Waals surface area contributed by atoms with Gasteiger partial charge in [-0.1, -0.05) is 60.0 Å². The monoisotopic (exact) mass is 461 g/mol. The topological polar surface area (TPSA) is 39.7 Å². The fourth-order valence-electron chi connectivity index (χ4n) is 4.06. The van der Waals surface area contributed by atoms with Crippen molar-refractivity contribution in [3.05, 3.63) is 94.5 Å². The summed E-state index contributed by atoms with van der Waals surface area (Å²) in [5.74, 6) is 3.35. The molecule has 2 unspecified atom stereocenters. The largest absolute Gasteiger partial charge is 0.485 e. The van der Waals surface area contributed by atoms with Gasteiger partial charge in [-0.25, -0.2) is 0 Å². The summed E-state index contributed by atoms with van der Waals surface area (Å²) in [6.45, 7) is 5.29. The van der Waals surface area contributed by atoms with Gasteiger partial charge in [0.25, 0.3) is 0 Å². The van der Waals surface area contributed by atoms with Gasteiger partial charge < -0.3 is 19.5 Å². The molecule has 0 radical (unpaired) electrons. The highest BCUT2D eigenvalue weighted by Gasteiger charge is 2.45. The lowest BCUT2D eigenvalue weighted by atomic mass is 9.87. The number of halogens is 1. The van der Waals surface area contributed by atoms with Crippen LogP contribution < -0.4 is 10.1 Å². The van der Waals surface area contributed by atoms with Crippen molar-refractivity contribution < 1.29 is 14.2 Å². The van der Waals surface area contributed by atoms with Crippen LogP contribution in [-0.2, 0) is 22.6 Å². The lowest BCUT2D eigenvalue weighted by Gasteiger charge is -2.44. The molecule has 1 N–H and O–H groups in total. The number of benzene rings is 3. The van der Waals surface area contributed by atoms with E-state index in [4.69, 9.17) is 32.2 Å². The maximum Gasteiger partial charge on any atom is 0.132 e. The lowest BCUT2D eigenvalue weighted by Crippen LogP contribution is -2.51. The fraction of sp³-hybridized carbons (Fsp3) is 0.286. The van der Waals surface area contributed by atoms with E-state index in [0.717, 1.165) is 33.1 Å². The summed E-state index contributed by atoms with van der Waals surface area (Å²) in [6, 6.07) is 24.0. The van der Waals surface area contributed by atoms with Crippen LogP contribution in [0, 0.1) is 12.3 Å². The molecule has 0 saturated heterocycles. The second-order valence-electron chi connectivity index (χ2n) is 8.59. The van der Waals surface area contributed by atoms with Crippen molar-refractivity contribution in [1.29, 1.82) is 0 Å². The fourth-order valence-corrected chi connectivity index (χ4v) is 4.27. The van der Waals surface area contributed by atoms with E-state index in [0.29, 0.717) is 13.2 Å². The molecule has 0 aromatic heterocycles. The molecule has 1 aliphatic heterocycles. The highest BCUT2D eigenvalue weighted by atomic mass is 35.5. The van der Waals surface area contributed by atoms with E-state index in [2.05, 4.69) is 17.3 Å². The van der Waals surface area contributed by atoms with Crippen molar-refractivity contribution in [3.8, 4) is 18.1 Å². The Hall–Kier alpha value is -2.97. The number of fused-ring (bicyclic) bond motifs is 1. The predicted molar refractivity (Wildman–Crippen MR) is 132 cm³/mol. The summed E-state index contributed by atoms with van der Waals surface area (Å²) in [4.78, 5) is 0. The summed E-state index contributed by atoms with van der Waals surface area (Å²) in [5.41, 5.74) is 3.48. The molecule has 3 aromatic carbocycles. The molecule has 5 heteroatoms. The molecule has 4 nitrogen and oxygen atoms in total. The minimum absolute atomic E-state index is 0.185. The first kappa shape index (κ1) is 23.2. The Morgan fingerprint density at radius 2 is 1.79 bits per heavy atom. The molecule has 170 valence electrons. The van der Waals surface area contributed by atoms with Crippen molar-refractivity contribution in [1.82, 2.24) is 0 Å². The van der Waals surface area contributed by atoms with Crippen molar-refractivity contribution in [2.45, 2.75) is 44.8 Å². The number of hydrogen-bond acceptors (Lipinski definition) is 4. The van der Waals surface area contributed by atoms with Gasteiger partial charge in [-0.3, -0.25) is 0 Å². The van der Waals surface area contributed by atoms with Crippen LogP contribution in [0.4, 0.5) is 5.69 Å². The number of nitrogens with one attached hydrogen (secondary N) is 1. The predicted octanol–water partition coefficient (Wildman–Crippen LogP) is 6.40. The van der Waals surface area contributed by atoms with Gasteiger partial charge in [0.15, 0.2) is 0 Å². The van der Waals surface area contributed by atoms with Crippen LogP contribution in [0.3, 0.4) is 0 Å². The first-order chi connectivity index (χ1) is 16.0. The molecule has 3 aromatic rings. The first-order valence-corrected chi connectivity index (χ1v) is 11.4. The Labute approximate surface area is 200 Å². The zero-order chi connectivity index (χ0) is 23.3. The summed E-state index contributed by atoms with van der Waals surface area (Å²) >= 11 is 6.12. The van der Waals surface area contributed by atoms with E-state index in [1.807, 2.05) is 80.6 Å². The van der Waals surface area contributed by atoms with Gasteiger partial charge in [-0.05, 0) is 55.3 Å². The smallest absolute Gasteiger partial charge is 0.132 e. The summed E-state index contributed by atoms with van der Waals surface area (Å²) in [7, 11) is 0. The number of terminal acetylenes is 1. The molecule has 0 saturated carbocycles. The Morgan fingerprint density at radius 3 is 2.55 bits per heavy atom. The molecular formula is C28H28ClNO3. The minimum Gasteiger partial charge on any atom is -0.485 e. The number of ether oxygens (including phenoxy) is 3. The van der Waals surface area contributed by atoms with E-state index in [1.165, 1.54) is 0 Å². The summed E-state index contributed by atoms with van der Waals surface area (Å²) in [5, 5.41) is 4.19. The third-order valence-electron chi connectivity index (χ3n) is 5.65. The average molecular weight is 462 g/mol. The van der Waals surface area contributed by atoms with Gasteiger partial charge in [0.05, 0.1) is 6.61 Å². The molecule has 1 aliphatic rings. The van der Waals surface area contributed by atoms with Gasteiger partial charge in [0.1, 0.15) is 30.2 Å². The highest BCUT2D eigenvalue weighted by Crippen LogP contribution is 2.44. The molecular weight excluding hydrogens is 434 g/mol. The second-order valence-corrected chi connectivity index (χ2v) is 9.03. The zero-order valence-corrected chi connectivity index (χ0v) is 19.6. The Kier molecular flexibility index (Phi) is 7.25. The zero-order valence-electron chi connectivity index (χ0n) is 18.9. The van der Waals surface area contributed by atoms with Crippen LogP contribution in [0.25, 0.3) is 0 Å². The quantitative estimate of drug-likeness (QED) is 0.394. The van der Waals surface area contributed by atoms with Crippen LogP contribution >= 0.6 is 11.6 Å². The molecule has 0 aliphatic carbocycles. The van der Waals surface area contributed by atoms with Gasteiger partial charge in [-0.15, -0.1) is 6.42 Å². The number of hydrogen-bond donors (Lipinski definition) is 1. The first-order valence-electron chi connectivity index (χ1n) is 11.0. The van der Waals surface area contributed by atoms with Gasteiger partial charge >= 0.3 is 0 Å². The highest BCUT2D eigenvalue weighted by molar-refractivity contribution is 6.30. The molecule has 4 rings (SSSR count). The minimum atomic E-state index is -0.610.